The van der Waals surface area contributed by atoms with Crippen LogP contribution in [0.4, 0.5) is 0 Å². The van der Waals surface area contributed by atoms with Crippen LogP contribution >= 0.6 is 0 Å². The predicted octanol–water partition coefficient (Wildman–Crippen LogP) is 0.461. The van der Waals surface area contributed by atoms with Gasteiger partial charge < -0.3 is 5.73 Å². The molecule has 0 saturated carbocycles. The lowest BCUT2D eigenvalue weighted by atomic mass is 9.82. The molecule has 0 aliphatic carbocycles. The number of rotatable bonds is 0. The number of hydrogen-bond acceptors (Lipinski definition) is 3. The molecular weight excluding hydrogens is 212 g/mol. The first kappa shape index (κ1) is 9.33. The Hall–Kier alpha value is -0.910. The average molecular weight is 224 g/mol. The minimum Gasteiger partial charge on any atom is -0.314 e. The zero-order valence-corrected chi connectivity index (χ0v) is 9.11. The minimum atomic E-state index is -3.34. The van der Waals surface area contributed by atoms with Gasteiger partial charge in [0.05, 0.1) is 11.1 Å². The van der Waals surface area contributed by atoms with Crippen molar-refractivity contribution in [2.75, 3.05) is 0 Å². The maximum Gasteiger partial charge on any atom is 0.245 e. The highest BCUT2D eigenvalue weighted by molar-refractivity contribution is 7.89. The molecule has 2 N–H and O–H groups in total. The summed E-state index contributed by atoms with van der Waals surface area (Å²) in [6, 6.07) is 7.13. The highest BCUT2D eigenvalue weighted by Gasteiger charge is 2.56. The Bertz CT molecular complexity index is 516. The fourth-order valence-corrected chi connectivity index (χ4v) is 4.70. The van der Waals surface area contributed by atoms with Gasteiger partial charge >= 0.3 is 0 Å². The van der Waals surface area contributed by atoms with E-state index >= 15 is 0 Å². The van der Waals surface area contributed by atoms with Gasteiger partial charge in [0.2, 0.25) is 10.0 Å². The van der Waals surface area contributed by atoms with Gasteiger partial charge in [-0.1, -0.05) is 18.2 Å². The third-order valence-corrected chi connectivity index (χ3v) is 5.48. The van der Waals surface area contributed by atoms with E-state index in [4.69, 9.17) is 5.73 Å². The molecule has 0 spiro atoms. The summed E-state index contributed by atoms with van der Waals surface area (Å²) in [7, 11) is -3.34. The first-order valence-electron chi connectivity index (χ1n) is 4.93. The van der Waals surface area contributed by atoms with Crippen molar-refractivity contribution in [2.45, 2.75) is 29.9 Å². The molecule has 1 aromatic carbocycles. The lowest BCUT2D eigenvalue weighted by Crippen LogP contribution is -2.69. The van der Waals surface area contributed by atoms with Crippen LogP contribution in [0.2, 0.25) is 0 Å². The Balaban J connectivity index is 2.33. The molecule has 0 amide bonds. The molecule has 5 heteroatoms. The van der Waals surface area contributed by atoms with Crippen molar-refractivity contribution in [3.63, 3.8) is 0 Å². The van der Waals surface area contributed by atoms with Crippen LogP contribution in [-0.4, -0.2) is 24.9 Å². The van der Waals surface area contributed by atoms with Crippen LogP contribution in [-0.2, 0) is 10.0 Å². The SMILES string of the molecule is CC1C2c3ccccc3S(=O)(=O)N1C2N. The van der Waals surface area contributed by atoms with E-state index in [9.17, 15) is 8.42 Å². The summed E-state index contributed by atoms with van der Waals surface area (Å²) in [6.45, 7) is 1.90. The first-order chi connectivity index (χ1) is 7.05. The largest absolute Gasteiger partial charge is 0.314 e. The second-order valence-electron chi connectivity index (χ2n) is 4.13. The summed E-state index contributed by atoms with van der Waals surface area (Å²) in [5.41, 5.74) is 6.73. The van der Waals surface area contributed by atoms with Crippen molar-refractivity contribution in [3.05, 3.63) is 29.8 Å². The van der Waals surface area contributed by atoms with Crippen molar-refractivity contribution in [1.29, 1.82) is 0 Å². The molecule has 0 radical (unpaired) electrons. The molecule has 1 fully saturated rings. The molecule has 4 nitrogen and oxygen atoms in total. The van der Waals surface area contributed by atoms with Gasteiger partial charge in [0.1, 0.15) is 0 Å². The van der Waals surface area contributed by atoms with Crippen LogP contribution < -0.4 is 5.73 Å². The molecular formula is C10H12N2O2S. The smallest absolute Gasteiger partial charge is 0.245 e. The Morgan fingerprint density at radius 1 is 1.33 bits per heavy atom. The zero-order valence-electron chi connectivity index (χ0n) is 8.29. The van der Waals surface area contributed by atoms with E-state index in [0.717, 1.165) is 5.56 Å². The van der Waals surface area contributed by atoms with Gasteiger partial charge in [-0.05, 0) is 18.6 Å². The van der Waals surface area contributed by atoms with Crippen molar-refractivity contribution < 1.29 is 8.42 Å². The van der Waals surface area contributed by atoms with Gasteiger partial charge in [-0.2, -0.15) is 4.31 Å². The normalized spacial score (nSPS) is 40.4. The molecule has 4 atom stereocenters. The van der Waals surface area contributed by atoms with Gasteiger partial charge in [0.15, 0.2) is 0 Å². The Morgan fingerprint density at radius 2 is 2.00 bits per heavy atom. The first-order valence-corrected chi connectivity index (χ1v) is 6.37. The molecule has 4 unspecified atom stereocenters. The summed E-state index contributed by atoms with van der Waals surface area (Å²) >= 11 is 0. The molecule has 2 bridgehead atoms. The van der Waals surface area contributed by atoms with Gasteiger partial charge in [0, 0.05) is 12.0 Å². The van der Waals surface area contributed by atoms with Crippen LogP contribution in [0.15, 0.2) is 29.2 Å². The molecule has 80 valence electrons. The predicted molar refractivity (Wildman–Crippen MR) is 55.6 cm³/mol. The molecule has 1 saturated heterocycles. The van der Waals surface area contributed by atoms with Gasteiger partial charge in [-0.3, -0.25) is 0 Å². The summed E-state index contributed by atoms with van der Waals surface area (Å²) in [6.07, 6.45) is -0.375. The standard InChI is InChI=1S/C10H12N2O2S/c1-6-9-7-4-2-3-5-8(7)15(13,14)12(6)10(9)11/h2-6,9-10H,11H2,1H3. The number of sulfonamides is 1. The van der Waals surface area contributed by atoms with E-state index in [2.05, 4.69) is 0 Å². The zero-order chi connectivity index (χ0) is 10.8. The molecule has 3 heterocycles. The number of hydrogen-bond donors (Lipinski definition) is 1. The summed E-state index contributed by atoms with van der Waals surface area (Å²) in [4.78, 5) is 0.426. The van der Waals surface area contributed by atoms with Crippen LogP contribution in [0.25, 0.3) is 0 Å². The van der Waals surface area contributed by atoms with E-state index in [1.165, 1.54) is 4.31 Å². The highest BCUT2D eigenvalue weighted by Crippen LogP contribution is 2.48. The molecule has 1 aromatic rings. The average Bonchev–Trinajstić information content (AvgIpc) is 2.17. The van der Waals surface area contributed by atoms with Crippen LogP contribution in [0, 0.1) is 0 Å². The van der Waals surface area contributed by atoms with E-state index in [1.807, 2.05) is 19.1 Å². The maximum absolute atomic E-state index is 12.1. The van der Waals surface area contributed by atoms with E-state index < -0.39 is 10.0 Å². The topological polar surface area (TPSA) is 63.4 Å². The fraction of sp³-hybridized carbons (Fsp3) is 0.400. The quantitative estimate of drug-likeness (QED) is 0.696. The van der Waals surface area contributed by atoms with Crippen LogP contribution in [0.3, 0.4) is 0 Å². The van der Waals surface area contributed by atoms with Crippen molar-refractivity contribution in [2.24, 2.45) is 5.73 Å². The number of nitrogens with zero attached hydrogens (tertiary/aromatic N) is 1. The van der Waals surface area contributed by atoms with Crippen molar-refractivity contribution >= 4 is 10.0 Å². The monoisotopic (exact) mass is 224 g/mol. The third kappa shape index (κ3) is 0.909. The van der Waals surface area contributed by atoms with Gasteiger partial charge in [-0.15, -0.1) is 0 Å². The van der Waals surface area contributed by atoms with Crippen LogP contribution in [0.5, 0.6) is 0 Å². The van der Waals surface area contributed by atoms with Crippen LogP contribution in [0.1, 0.15) is 18.4 Å². The van der Waals surface area contributed by atoms with E-state index in [-0.39, 0.29) is 18.1 Å². The molecule has 3 aliphatic rings. The lowest BCUT2D eigenvalue weighted by molar-refractivity contribution is 0.0783. The summed E-state index contributed by atoms with van der Waals surface area (Å²) in [5.74, 6) is 0.157. The second-order valence-corrected chi connectivity index (χ2v) is 5.94. The van der Waals surface area contributed by atoms with Gasteiger partial charge in [0.25, 0.3) is 0 Å². The van der Waals surface area contributed by atoms with Crippen molar-refractivity contribution in [1.82, 2.24) is 4.31 Å². The maximum atomic E-state index is 12.1. The minimum absolute atomic E-state index is 0.0000926. The summed E-state index contributed by atoms with van der Waals surface area (Å²) < 4.78 is 25.6. The van der Waals surface area contributed by atoms with E-state index in [1.54, 1.807) is 12.1 Å². The molecule has 3 aliphatic heterocycles. The van der Waals surface area contributed by atoms with E-state index in [0.29, 0.717) is 4.90 Å². The molecule has 15 heavy (non-hydrogen) atoms. The third-order valence-electron chi connectivity index (χ3n) is 3.42. The Morgan fingerprint density at radius 3 is 2.67 bits per heavy atom. The summed E-state index contributed by atoms with van der Waals surface area (Å²) in [5, 5.41) is 0. The van der Waals surface area contributed by atoms with Gasteiger partial charge in [-0.25, -0.2) is 8.42 Å². The van der Waals surface area contributed by atoms with Crippen molar-refractivity contribution in [3.8, 4) is 0 Å². The highest BCUT2D eigenvalue weighted by atomic mass is 32.2. The number of benzene rings is 1. The molecule has 0 aromatic heterocycles. The Labute approximate surface area is 88.7 Å². The fourth-order valence-electron chi connectivity index (χ4n) is 2.70. The lowest BCUT2D eigenvalue weighted by Gasteiger charge is -2.55. The number of nitrogens with two attached hydrogens (primary N) is 1. The Kier molecular flexibility index (Phi) is 1.62. The second kappa shape index (κ2) is 2.61. The molecule has 4 rings (SSSR count).